The number of hydrogen-bond donors (Lipinski definition) is 2. The largest absolute Gasteiger partial charge is 0.436 e. The fourth-order valence-electron chi connectivity index (χ4n) is 7.38. The highest BCUT2D eigenvalue weighted by Gasteiger charge is 2.36. The molecule has 3 aliphatic rings. The first kappa shape index (κ1) is 36.0. The molecule has 1 atom stereocenters. The summed E-state index contributed by atoms with van der Waals surface area (Å²) in [6.07, 6.45) is 3.87. The number of benzene rings is 2. The van der Waals surface area contributed by atoms with Gasteiger partial charge in [0.25, 0.3) is 5.91 Å². The molecule has 2 N–H and O–H groups in total. The van der Waals surface area contributed by atoms with E-state index in [0.717, 1.165) is 73.3 Å². The molecule has 4 amide bonds. The second-order valence-electron chi connectivity index (χ2n) is 13.6. The Bertz CT molecular complexity index is 1400. The summed E-state index contributed by atoms with van der Waals surface area (Å²) in [6.45, 7) is 11.9. The molecule has 11 heteroatoms. The maximum Gasteiger partial charge on any atom is 0.410 e. The molecule has 0 aliphatic carbocycles. The minimum atomic E-state index is -0.931. The zero-order chi connectivity index (χ0) is 34.2. The SMILES string of the molecule is CCNCCCN(C)C1CCN(C(=O)[C@@H](Cc2cc(C)c(Cl)c(C)c2)OC(=O)N2CCC(N3CCc4ccccc4NC3=O)CC2)CC1. The van der Waals surface area contributed by atoms with Crippen LogP contribution in [0.15, 0.2) is 36.4 Å². The third-order valence-electron chi connectivity index (χ3n) is 10.3. The Hall–Kier alpha value is -3.34. The number of carbonyl (C=O) groups excluding carboxylic acids is 3. The summed E-state index contributed by atoms with van der Waals surface area (Å²) in [5, 5.41) is 7.15. The first-order valence-corrected chi connectivity index (χ1v) is 18.1. The van der Waals surface area contributed by atoms with E-state index in [2.05, 4.69) is 35.6 Å². The Morgan fingerprint density at radius 2 is 1.69 bits per heavy atom. The first-order valence-electron chi connectivity index (χ1n) is 17.7. The maximum absolute atomic E-state index is 14.0. The number of halogens is 1. The van der Waals surface area contributed by atoms with Gasteiger partial charge in [0, 0.05) is 61.9 Å². The molecule has 2 fully saturated rings. The topological polar surface area (TPSA) is 97.5 Å². The second kappa shape index (κ2) is 16.9. The van der Waals surface area contributed by atoms with Gasteiger partial charge in [0.05, 0.1) is 0 Å². The lowest BCUT2D eigenvalue weighted by Crippen LogP contribution is -2.52. The van der Waals surface area contributed by atoms with Crippen LogP contribution in [0.2, 0.25) is 5.02 Å². The van der Waals surface area contributed by atoms with Crippen LogP contribution in [0.4, 0.5) is 15.3 Å². The Morgan fingerprint density at radius 1 is 1.02 bits per heavy atom. The lowest BCUT2D eigenvalue weighted by molar-refractivity contribution is -0.142. The van der Waals surface area contributed by atoms with Crippen LogP contribution in [-0.4, -0.2) is 115 Å². The minimum absolute atomic E-state index is 0.0307. The Kier molecular flexibility index (Phi) is 12.6. The zero-order valence-corrected chi connectivity index (χ0v) is 29.9. The van der Waals surface area contributed by atoms with Crippen molar-refractivity contribution in [2.45, 2.75) is 83.9 Å². The lowest BCUT2D eigenvalue weighted by Gasteiger charge is -2.39. The number of rotatable bonds is 11. The number of amides is 4. The van der Waals surface area contributed by atoms with Crippen molar-refractivity contribution in [3.05, 3.63) is 63.7 Å². The van der Waals surface area contributed by atoms with Crippen molar-refractivity contribution in [1.82, 2.24) is 24.9 Å². The summed E-state index contributed by atoms with van der Waals surface area (Å²) in [7, 11) is 2.17. The summed E-state index contributed by atoms with van der Waals surface area (Å²) in [4.78, 5) is 48.6. The predicted octanol–water partition coefficient (Wildman–Crippen LogP) is 5.48. The molecule has 0 spiro atoms. The molecular formula is C37H53ClN6O4. The van der Waals surface area contributed by atoms with E-state index in [1.807, 2.05) is 54.0 Å². The number of para-hydroxylation sites is 1. The van der Waals surface area contributed by atoms with E-state index in [1.54, 1.807) is 4.90 Å². The molecule has 2 aromatic rings. The van der Waals surface area contributed by atoms with Crippen LogP contribution >= 0.6 is 11.6 Å². The van der Waals surface area contributed by atoms with Gasteiger partial charge < -0.3 is 35.0 Å². The molecule has 0 saturated carbocycles. The molecular weight excluding hydrogens is 628 g/mol. The average molecular weight is 681 g/mol. The number of carbonyl (C=O) groups is 3. The highest BCUT2D eigenvalue weighted by atomic mass is 35.5. The predicted molar refractivity (Wildman–Crippen MR) is 191 cm³/mol. The van der Waals surface area contributed by atoms with Crippen molar-refractivity contribution in [1.29, 1.82) is 0 Å². The van der Waals surface area contributed by atoms with E-state index in [1.165, 1.54) is 0 Å². The molecule has 3 aliphatic heterocycles. The van der Waals surface area contributed by atoms with Crippen LogP contribution < -0.4 is 10.6 Å². The number of piperidine rings is 2. The zero-order valence-electron chi connectivity index (χ0n) is 29.1. The first-order chi connectivity index (χ1) is 23.1. The molecule has 0 radical (unpaired) electrons. The van der Waals surface area contributed by atoms with Gasteiger partial charge in [-0.15, -0.1) is 0 Å². The van der Waals surface area contributed by atoms with Gasteiger partial charge in [-0.25, -0.2) is 9.59 Å². The fourth-order valence-corrected chi connectivity index (χ4v) is 7.49. The second-order valence-corrected chi connectivity index (χ2v) is 14.0. The van der Waals surface area contributed by atoms with Crippen molar-refractivity contribution in [3.8, 4) is 0 Å². The molecule has 0 aromatic heterocycles. The lowest BCUT2D eigenvalue weighted by atomic mass is 9.99. The highest BCUT2D eigenvalue weighted by Crippen LogP contribution is 2.27. The summed E-state index contributed by atoms with van der Waals surface area (Å²) in [5.74, 6) is -0.141. The fraction of sp³-hybridized carbons (Fsp3) is 0.595. The van der Waals surface area contributed by atoms with Crippen LogP contribution in [0.25, 0.3) is 0 Å². The maximum atomic E-state index is 14.0. The van der Waals surface area contributed by atoms with Crippen LogP contribution in [0.3, 0.4) is 0 Å². The molecule has 10 nitrogen and oxygen atoms in total. The van der Waals surface area contributed by atoms with Crippen molar-refractivity contribution in [2.24, 2.45) is 0 Å². The number of urea groups is 1. The highest BCUT2D eigenvalue weighted by molar-refractivity contribution is 6.32. The average Bonchev–Trinajstić information content (AvgIpc) is 3.26. The third kappa shape index (κ3) is 9.01. The summed E-state index contributed by atoms with van der Waals surface area (Å²) in [6, 6.07) is 12.2. The van der Waals surface area contributed by atoms with Gasteiger partial charge >= 0.3 is 12.1 Å². The molecule has 3 heterocycles. The van der Waals surface area contributed by atoms with E-state index < -0.39 is 12.2 Å². The Morgan fingerprint density at radius 3 is 2.38 bits per heavy atom. The molecule has 5 rings (SSSR count). The molecule has 262 valence electrons. The molecule has 0 unspecified atom stereocenters. The van der Waals surface area contributed by atoms with E-state index in [0.29, 0.717) is 63.1 Å². The smallest absolute Gasteiger partial charge is 0.410 e. The quantitative estimate of drug-likeness (QED) is 0.305. The number of hydrogen-bond acceptors (Lipinski definition) is 6. The number of anilines is 1. The number of nitrogens with zero attached hydrogens (tertiary/aromatic N) is 4. The number of fused-ring (bicyclic) bond motifs is 1. The molecule has 2 saturated heterocycles. The summed E-state index contributed by atoms with van der Waals surface area (Å²) >= 11 is 6.45. The van der Waals surface area contributed by atoms with Crippen molar-refractivity contribution >= 4 is 35.3 Å². The minimum Gasteiger partial charge on any atom is -0.436 e. The molecule has 48 heavy (non-hydrogen) atoms. The van der Waals surface area contributed by atoms with Crippen molar-refractivity contribution in [2.75, 3.05) is 64.7 Å². The van der Waals surface area contributed by atoms with Crippen molar-refractivity contribution in [3.63, 3.8) is 0 Å². The van der Waals surface area contributed by atoms with Gasteiger partial charge in [-0.1, -0.05) is 48.9 Å². The van der Waals surface area contributed by atoms with E-state index in [9.17, 15) is 14.4 Å². The number of nitrogens with one attached hydrogen (secondary N) is 2. The van der Waals surface area contributed by atoms with E-state index >= 15 is 0 Å². The Balaban J connectivity index is 1.20. The standard InChI is InChI=1S/C37H53ClN6O4/c1-5-39-16-8-17-41(4)30-12-18-42(19-13-30)35(45)33(25-28-23-26(2)34(38)27(3)24-28)48-37(47)43-20-14-31(15-21-43)44-22-11-29-9-6-7-10-32(29)40-36(44)46/h6-7,9-10,23-24,30-31,33,39H,5,8,11-22,25H2,1-4H3,(H,40,46)/t33-/m1/s1. The van der Waals surface area contributed by atoms with Crippen LogP contribution in [-0.2, 0) is 22.4 Å². The number of aryl methyl sites for hydroxylation is 2. The van der Waals surface area contributed by atoms with Crippen LogP contribution in [0.1, 0.15) is 61.3 Å². The molecule has 2 aromatic carbocycles. The van der Waals surface area contributed by atoms with Crippen LogP contribution in [0, 0.1) is 13.8 Å². The normalized spacial score (nSPS) is 18.4. The van der Waals surface area contributed by atoms with Gasteiger partial charge in [0.2, 0.25) is 0 Å². The van der Waals surface area contributed by atoms with Gasteiger partial charge in [0.15, 0.2) is 6.10 Å². The van der Waals surface area contributed by atoms with Gasteiger partial charge in [-0.2, -0.15) is 0 Å². The summed E-state index contributed by atoms with van der Waals surface area (Å²) < 4.78 is 6.09. The van der Waals surface area contributed by atoms with Gasteiger partial charge in [-0.3, -0.25) is 4.79 Å². The number of ether oxygens (including phenoxy) is 1. The van der Waals surface area contributed by atoms with E-state index in [-0.39, 0.29) is 18.0 Å². The number of likely N-dealkylation sites (tertiary alicyclic amines) is 2. The van der Waals surface area contributed by atoms with Gasteiger partial charge in [-0.05, 0) is 107 Å². The third-order valence-corrected chi connectivity index (χ3v) is 10.9. The van der Waals surface area contributed by atoms with Crippen LogP contribution in [0.5, 0.6) is 0 Å². The Labute approximate surface area is 291 Å². The monoisotopic (exact) mass is 680 g/mol. The molecule has 0 bridgehead atoms. The summed E-state index contributed by atoms with van der Waals surface area (Å²) in [5.41, 5.74) is 4.79. The van der Waals surface area contributed by atoms with E-state index in [4.69, 9.17) is 16.3 Å². The van der Waals surface area contributed by atoms with Crippen molar-refractivity contribution < 1.29 is 19.1 Å². The van der Waals surface area contributed by atoms with Gasteiger partial charge in [0.1, 0.15) is 0 Å².